The molecule has 0 amide bonds. The largest absolute Gasteiger partial charge is 0.313 e. The first-order chi connectivity index (χ1) is 7.75. The van der Waals surface area contributed by atoms with E-state index in [1.165, 1.54) is 29.4 Å². The van der Waals surface area contributed by atoms with Crippen LogP contribution in [0.1, 0.15) is 18.4 Å². The summed E-state index contributed by atoms with van der Waals surface area (Å²) in [5.74, 6) is 0. The Morgan fingerprint density at radius 3 is 2.94 bits per heavy atom. The van der Waals surface area contributed by atoms with Gasteiger partial charge in [0.2, 0.25) is 0 Å². The quantitative estimate of drug-likeness (QED) is 0.914. The SMILES string of the molecule is CN(Cc1ccccc1Br)CC1CCCN1. The molecule has 1 N–H and O–H groups in total. The lowest BCUT2D eigenvalue weighted by Gasteiger charge is -2.21. The van der Waals surface area contributed by atoms with E-state index in [1.807, 2.05) is 0 Å². The van der Waals surface area contributed by atoms with E-state index in [1.54, 1.807) is 0 Å². The standard InChI is InChI=1S/C13H19BrN2/c1-16(10-12-6-4-8-15-12)9-11-5-2-3-7-13(11)14/h2-3,5,7,12,15H,4,6,8-10H2,1H3. The lowest BCUT2D eigenvalue weighted by Crippen LogP contribution is -2.34. The summed E-state index contributed by atoms with van der Waals surface area (Å²) in [6, 6.07) is 9.14. The maximum atomic E-state index is 3.60. The van der Waals surface area contributed by atoms with Crippen LogP contribution in [0.4, 0.5) is 0 Å². The fraction of sp³-hybridized carbons (Fsp3) is 0.538. The molecule has 1 atom stereocenters. The van der Waals surface area contributed by atoms with Crippen LogP contribution in [0.25, 0.3) is 0 Å². The number of hydrogen-bond acceptors (Lipinski definition) is 2. The predicted octanol–water partition coefficient (Wildman–Crippen LogP) is 2.63. The molecular formula is C13H19BrN2. The van der Waals surface area contributed by atoms with Crippen LogP contribution >= 0.6 is 15.9 Å². The topological polar surface area (TPSA) is 15.3 Å². The first-order valence-corrected chi connectivity index (χ1v) is 6.70. The van der Waals surface area contributed by atoms with Crippen LogP contribution in [0, 0.1) is 0 Å². The highest BCUT2D eigenvalue weighted by atomic mass is 79.9. The fourth-order valence-electron chi connectivity index (χ4n) is 2.27. The Labute approximate surface area is 106 Å². The van der Waals surface area contributed by atoms with Gasteiger partial charge in [-0.05, 0) is 38.1 Å². The van der Waals surface area contributed by atoms with E-state index >= 15 is 0 Å². The van der Waals surface area contributed by atoms with Gasteiger partial charge in [0.15, 0.2) is 0 Å². The highest BCUT2D eigenvalue weighted by Gasteiger charge is 2.16. The van der Waals surface area contributed by atoms with Crippen molar-refractivity contribution in [2.75, 3.05) is 20.1 Å². The average molecular weight is 283 g/mol. The number of likely N-dealkylation sites (N-methyl/N-ethyl adjacent to an activating group) is 1. The molecule has 1 aromatic rings. The first-order valence-electron chi connectivity index (χ1n) is 5.91. The molecule has 0 saturated carbocycles. The molecular weight excluding hydrogens is 264 g/mol. The zero-order valence-corrected chi connectivity index (χ0v) is 11.3. The normalized spacial score (nSPS) is 20.6. The molecule has 1 aliphatic rings. The molecule has 0 spiro atoms. The maximum absolute atomic E-state index is 3.60. The van der Waals surface area contributed by atoms with E-state index in [4.69, 9.17) is 0 Å². The Balaban J connectivity index is 1.86. The molecule has 2 nitrogen and oxygen atoms in total. The third kappa shape index (κ3) is 3.30. The van der Waals surface area contributed by atoms with E-state index in [0.717, 1.165) is 13.1 Å². The second kappa shape index (κ2) is 5.80. The monoisotopic (exact) mass is 282 g/mol. The van der Waals surface area contributed by atoms with E-state index in [9.17, 15) is 0 Å². The van der Waals surface area contributed by atoms with Crippen LogP contribution < -0.4 is 5.32 Å². The molecule has 1 unspecified atom stereocenters. The van der Waals surface area contributed by atoms with Crippen LogP contribution in [0.2, 0.25) is 0 Å². The minimum Gasteiger partial charge on any atom is -0.313 e. The third-order valence-electron chi connectivity index (χ3n) is 3.09. The van der Waals surface area contributed by atoms with E-state index < -0.39 is 0 Å². The zero-order chi connectivity index (χ0) is 11.4. The molecule has 0 aliphatic carbocycles. The predicted molar refractivity (Wildman–Crippen MR) is 71.5 cm³/mol. The van der Waals surface area contributed by atoms with Crippen molar-refractivity contribution in [2.24, 2.45) is 0 Å². The third-order valence-corrected chi connectivity index (χ3v) is 3.87. The summed E-state index contributed by atoms with van der Waals surface area (Å²) in [5, 5.41) is 3.53. The molecule has 88 valence electrons. The smallest absolute Gasteiger partial charge is 0.0242 e. The van der Waals surface area contributed by atoms with Gasteiger partial charge in [-0.15, -0.1) is 0 Å². The van der Waals surface area contributed by atoms with E-state index in [-0.39, 0.29) is 0 Å². The van der Waals surface area contributed by atoms with Gasteiger partial charge in [-0.2, -0.15) is 0 Å². The molecule has 1 heterocycles. The Morgan fingerprint density at radius 1 is 1.44 bits per heavy atom. The van der Waals surface area contributed by atoms with Gasteiger partial charge >= 0.3 is 0 Å². The Bertz CT molecular complexity index is 334. The van der Waals surface area contributed by atoms with Gasteiger partial charge in [0.25, 0.3) is 0 Å². The molecule has 1 saturated heterocycles. The van der Waals surface area contributed by atoms with E-state index in [0.29, 0.717) is 6.04 Å². The highest BCUT2D eigenvalue weighted by molar-refractivity contribution is 9.10. The Hall–Kier alpha value is -0.380. The van der Waals surface area contributed by atoms with Crippen molar-refractivity contribution in [3.8, 4) is 0 Å². The number of rotatable bonds is 4. The average Bonchev–Trinajstić information content (AvgIpc) is 2.74. The molecule has 2 rings (SSSR count). The van der Waals surface area contributed by atoms with Gasteiger partial charge in [0.05, 0.1) is 0 Å². The van der Waals surface area contributed by atoms with Crippen molar-refractivity contribution in [1.29, 1.82) is 0 Å². The van der Waals surface area contributed by atoms with Gasteiger partial charge in [-0.25, -0.2) is 0 Å². The molecule has 1 aromatic carbocycles. The molecule has 1 fully saturated rings. The van der Waals surface area contributed by atoms with Crippen molar-refractivity contribution >= 4 is 15.9 Å². The summed E-state index contributed by atoms with van der Waals surface area (Å²) >= 11 is 3.60. The van der Waals surface area contributed by atoms with Crippen molar-refractivity contribution in [2.45, 2.75) is 25.4 Å². The molecule has 0 aromatic heterocycles. The number of hydrogen-bond donors (Lipinski definition) is 1. The summed E-state index contributed by atoms with van der Waals surface area (Å²) in [4.78, 5) is 2.39. The minimum atomic E-state index is 0.687. The van der Waals surface area contributed by atoms with Crippen molar-refractivity contribution in [3.63, 3.8) is 0 Å². The lowest BCUT2D eigenvalue weighted by atomic mass is 10.2. The van der Waals surface area contributed by atoms with Gasteiger partial charge in [-0.1, -0.05) is 34.1 Å². The summed E-state index contributed by atoms with van der Waals surface area (Å²) in [6.07, 6.45) is 2.65. The van der Waals surface area contributed by atoms with Crippen LogP contribution in [0.3, 0.4) is 0 Å². The summed E-state index contributed by atoms with van der Waals surface area (Å²) in [6.45, 7) is 3.34. The van der Waals surface area contributed by atoms with Crippen molar-refractivity contribution in [1.82, 2.24) is 10.2 Å². The maximum Gasteiger partial charge on any atom is 0.0242 e. The second-order valence-corrected chi connectivity index (χ2v) is 5.44. The van der Waals surface area contributed by atoms with Gasteiger partial charge in [0, 0.05) is 23.6 Å². The Morgan fingerprint density at radius 2 is 2.25 bits per heavy atom. The number of nitrogens with zero attached hydrogens (tertiary/aromatic N) is 1. The van der Waals surface area contributed by atoms with Gasteiger partial charge in [-0.3, -0.25) is 0 Å². The van der Waals surface area contributed by atoms with Gasteiger partial charge in [0.1, 0.15) is 0 Å². The van der Waals surface area contributed by atoms with Crippen molar-refractivity contribution in [3.05, 3.63) is 34.3 Å². The number of benzene rings is 1. The van der Waals surface area contributed by atoms with E-state index in [2.05, 4.69) is 57.5 Å². The summed E-state index contributed by atoms with van der Waals surface area (Å²) < 4.78 is 1.21. The summed E-state index contributed by atoms with van der Waals surface area (Å²) in [7, 11) is 2.19. The molecule has 1 aliphatic heterocycles. The number of nitrogens with one attached hydrogen (secondary N) is 1. The molecule has 0 radical (unpaired) electrons. The van der Waals surface area contributed by atoms with Crippen LogP contribution in [-0.2, 0) is 6.54 Å². The summed E-state index contributed by atoms with van der Waals surface area (Å²) in [5.41, 5.74) is 1.36. The van der Waals surface area contributed by atoms with Crippen LogP contribution in [-0.4, -0.2) is 31.1 Å². The first kappa shape index (κ1) is 12.1. The molecule has 16 heavy (non-hydrogen) atoms. The molecule has 0 bridgehead atoms. The molecule has 3 heteroatoms. The van der Waals surface area contributed by atoms with Crippen LogP contribution in [0.15, 0.2) is 28.7 Å². The second-order valence-electron chi connectivity index (χ2n) is 4.58. The van der Waals surface area contributed by atoms with Gasteiger partial charge < -0.3 is 10.2 Å². The van der Waals surface area contributed by atoms with Crippen molar-refractivity contribution < 1.29 is 0 Å². The Kier molecular flexibility index (Phi) is 4.38. The number of halogens is 1. The fourth-order valence-corrected chi connectivity index (χ4v) is 2.68. The lowest BCUT2D eigenvalue weighted by molar-refractivity contribution is 0.293. The highest BCUT2D eigenvalue weighted by Crippen LogP contribution is 2.17. The van der Waals surface area contributed by atoms with Crippen LogP contribution in [0.5, 0.6) is 0 Å². The minimum absolute atomic E-state index is 0.687. The zero-order valence-electron chi connectivity index (χ0n) is 9.75.